The summed E-state index contributed by atoms with van der Waals surface area (Å²) < 4.78 is 26.9. The van der Waals surface area contributed by atoms with Crippen molar-refractivity contribution < 1.29 is 17.8 Å². The molecule has 1 amide bonds. The second-order valence-corrected chi connectivity index (χ2v) is 8.32. The van der Waals surface area contributed by atoms with Crippen LogP contribution < -0.4 is 11.5 Å². The number of carbonyl (C=O) groups excluding carboxylic acids is 1. The Bertz CT molecular complexity index is 1090. The van der Waals surface area contributed by atoms with Crippen molar-refractivity contribution >= 4 is 43.4 Å². The van der Waals surface area contributed by atoms with Gasteiger partial charge in [-0.2, -0.15) is 13.4 Å². The number of hydrogen-bond acceptors (Lipinski definition) is 4. The van der Waals surface area contributed by atoms with E-state index in [2.05, 4.69) is 42.2 Å². The summed E-state index contributed by atoms with van der Waals surface area (Å²) in [6.07, 6.45) is 0.715. The fraction of sp³-hybridized carbons (Fsp3) is 0.111. The Hall–Kier alpha value is -2.75. The number of guanidine groups is 1. The molecule has 1 heterocycles. The minimum Gasteiger partial charge on any atom is -0.370 e. The number of nitrogens with zero attached hydrogens (tertiary/aromatic N) is 1. The zero-order chi connectivity index (χ0) is 20.2. The number of thiophene rings is 1. The molecule has 0 aliphatic rings. The van der Waals surface area contributed by atoms with E-state index < -0.39 is 16.0 Å². The number of nitrogens with two attached hydrogens (primary N) is 2. The van der Waals surface area contributed by atoms with Crippen LogP contribution in [-0.4, -0.2) is 31.1 Å². The number of aliphatic imine (C=N–C) groups is 1. The van der Waals surface area contributed by atoms with Crippen molar-refractivity contribution in [1.82, 2.24) is 0 Å². The maximum absolute atomic E-state index is 12.0. The number of fused-ring (bicyclic) bond motifs is 1. The minimum absolute atomic E-state index is 0.221. The van der Waals surface area contributed by atoms with E-state index in [1.807, 2.05) is 18.2 Å². The molecule has 0 bridgehead atoms. The zero-order valence-electron chi connectivity index (χ0n) is 14.7. The fourth-order valence-electron chi connectivity index (χ4n) is 2.32. The number of hydrogen-bond donors (Lipinski definition) is 3. The van der Waals surface area contributed by atoms with Crippen LogP contribution in [0.1, 0.15) is 15.2 Å². The number of aryl methyl sites for hydroxylation is 1. The van der Waals surface area contributed by atoms with Gasteiger partial charge in [-0.3, -0.25) is 9.35 Å². The van der Waals surface area contributed by atoms with Gasteiger partial charge in [-0.25, -0.2) is 0 Å². The van der Waals surface area contributed by atoms with Crippen molar-refractivity contribution in [3.8, 4) is 11.1 Å². The summed E-state index contributed by atoms with van der Waals surface area (Å²) in [6, 6.07) is 16.2. The summed E-state index contributed by atoms with van der Waals surface area (Å²) in [7, 11) is -3.67. The maximum Gasteiger partial charge on any atom is 0.290 e. The van der Waals surface area contributed by atoms with Crippen molar-refractivity contribution in [3.05, 3.63) is 59.0 Å². The second-order valence-electron chi connectivity index (χ2n) is 5.77. The molecule has 142 valence electrons. The third-order valence-corrected chi connectivity index (χ3v) is 4.45. The lowest BCUT2D eigenvalue weighted by molar-refractivity contribution is 0.101. The summed E-state index contributed by atoms with van der Waals surface area (Å²) in [5.74, 6) is -0.628. The quantitative estimate of drug-likeness (QED) is 0.341. The first-order chi connectivity index (χ1) is 12.5. The lowest BCUT2D eigenvalue weighted by Gasteiger charge is -2.04. The van der Waals surface area contributed by atoms with Crippen LogP contribution in [0.3, 0.4) is 0 Å². The minimum atomic E-state index is -3.67. The van der Waals surface area contributed by atoms with E-state index in [1.165, 1.54) is 16.9 Å². The zero-order valence-corrected chi connectivity index (χ0v) is 16.3. The van der Waals surface area contributed by atoms with Crippen molar-refractivity contribution in [2.45, 2.75) is 6.92 Å². The molecule has 0 aliphatic carbocycles. The highest BCUT2D eigenvalue weighted by Gasteiger charge is 2.12. The lowest BCUT2D eigenvalue weighted by atomic mass is 10.0. The lowest BCUT2D eigenvalue weighted by Crippen LogP contribution is -2.24. The number of benzene rings is 2. The molecule has 0 saturated heterocycles. The smallest absolute Gasteiger partial charge is 0.290 e. The van der Waals surface area contributed by atoms with Crippen LogP contribution in [-0.2, 0) is 10.1 Å². The van der Waals surface area contributed by atoms with Crippen molar-refractivity contribution in [1.29, 1.82) is 0 Å². The van der Waals surface area contributed by atoms with Gasteiger partial charge >= 0.3 is 0 Å². The highest BCUT2D eigenvalue weighted by Crippen LogP contribution is 2.34. The second kappa shape index (κ2) is 8.30. The van der Waals surface area contributed by atoms with Gasteiger partial charge < -0.3 is 11.5 Å². The van der Waals surface area contributed by atoms with Crippen LogP contribution in [0.5, 0.6) is 0 Å². The Morgan fingerprint density at radius 1 is 1.11 bits per heavy atom. The van der Waals surface area contributed by atoms with E-state index in [4.69, 9.17) is 16.0 Å². The van der Waals surface area contributed by atoms with Gasteiger partial charge in [0.2, 0.25) is 0 Å². The van der Waals surface area contributed by atoms with Gasteiger partial charge in [-0.1, -0.05) is 42.0 Å². The molecule has 2 aromatic carbocycles. The predicted molar refractivity (Wildman–Crippen MR) is 110 cm³/mol. The third kappa shape index (κ3) is 6.17. The van der Waals surface area contributed by atoms with Crippen LogP contribution in [0.4, 0.5) is 0 Å². The van der Waals surface area contributed by atoms with Crippen LogP contribution >= 0.6 is 11.3 Å². The summed E-state index contributed by atoms with van der Waals surface area (Å²) in [5.41, 5.74) is 14.0. The molecule has 3 rings (SSSR count). The van der Waals surface area contributed by atoms with E-state index in [0.717, 1.165) is 21.2 Å². The Morgan fingerprint density at radius 2 is 1.70 bits per heavy atom. The summed E-state index contributed by atoms with van der Waals surface area (Å²) in [5, 5.41) is 1.03. The first-order valence-corrected chi connectivity index (χ1v) is 10.4. The molecule has 0 radical (unpaired) electrons. The van der Waals surface area contributed by atoms with Crippen LogP contribution in [0.2, 0.25) is 0 Å². The molecule has 9 heteroatoms. The van der Waals surface area contributed by atoms with E-state index >= 15 is 0 Å². The van der Waals surface area contributed by atoms with Crippen molar-refractivity contribution in [3.63, 3.8) is 0 Å². The van der Waals surface area contributed by atoms with E-state index in [-0.39, 0.29) is 5.96 Å². The highest BCUT2D eigenvalue weighted by molar-refractivity contribution is 7.85. The van der Waals surface area contributed by atoms with Crippen LogP contribution in [0.25, 0.3) is 21.2 Å². The average molecular weight is 406 g/mol. The van der Waals surface area contributed by atoms with E-state index in [0.29, 0.717) is 11.1 Å². The summed E-state index contributed by atoms with van der Waals surface area (Å²) >= 11 is 1.39. The number of carbonyl (C=O) groups is 1. The SMILES string of the molecule is CS(=O)(=O)O.Cc1ccc(-c2cccc3sc(C(=O)N=C(N)N)cc23)cc1. The van der Waals surface area contributed by atoms with Gasteiger partial charge in [0, 0.05) is 10.1 Å². The first kappa shape index (κ1) is 20.6. The molecule has 0 aliphatic heterocycles. The summed E-state index contributed by atoms with van der Waals surface area (Å²) in [6.45, 7) is 2.06. The Morgan fingerprint density at radius 3 is 2.26 bits per heavy atom. The van der Waals surface area contributed by atoms with Gasteiger partial charge in [0.25, 0.3) is 16.0 Å². The van der Waals surface area contributed by atoms with Gasteiger partial charge in [0.05, 0.1) is 11.1 Å². The monoisotopic (exact) mass is 405 g/mol. The van der Waals surface area contributed by atoms with E-state index in [9.17, 15) is 13.2 Å². The number of rotatable bonds is 2. The van der Waals surface area contributed by atoms with Gasteiger partial charge in [0.15, 0.2) is 5.96 Å². The Kier molecular flexibility index (Phi) is 6.32. The largest absolute Gasteiger partial charge is 0.370 e. The number of amides is 1. The summed E-state index contributed by atoms with van der Waals surface area (Å²) in [4.78, 5) is 16.1. The fourth-order valence-corrected chi connectivity index (χ4v) is 3.30. The van der Waals surface area contributed by atoms with Gasteiger partial charge in [-0.15, -0.1) is 11.3 Å². The van der Waals surface area contributed by atoms with Crippen molar-refractivity contribution in [2.24, 2.45) is 16.5 Å². The maximum atomic E-state index is 12.0. The predicted octanol–water partition coefficient (Wildman–Crippen LogP) is 2.79. The average Bonchev–Trinajstić information content (AvgIpc) is 2.98. The standard InChI is InChI=1S/C17H15N3OS.CH4O3S/c1-10-5-7-11(8-6-10)12-3-2-4-14-13(12)9-15(22-14)16(21)20-17(18)19;1-5(2,3)4/h2-9H,1H3,(H4,18,19,20,21);1H3,(H,2,3,4). The molecule has 1 aromatic heterocycles. The molecule has 5 N–H and O–H groups in total. The highest BCUT2D eigenvalue weighted by atomic mass is 32.2. The molecule has 0 atom stereocenters. The van der Waals surface area contributed by atoms with E-state index in [1.54, 1.807) is 0 Å². The molecule has 0 fully saturated rings. The van der Waals surface area contributed by atoms with Crippen molar-refractivity contribution in [2.75, 3.05) is 6.26 Å². The molecule has 0 unspecified atom stereocenters. The van der Waals surface area contributed by atoms with Gasteiger partial charge in [0.1, 0.15) is 0 Å². The molecule has 3 aromatic rings. The molecular formula is C18H19N3O4S2. The molecule has 27 heavy (non-hydrogen) atoms. The van der Waals surface area contributed by atoms with Gasteiger partial charge in [-0.05, 0) is 30.2 Å². The third-order valence-electron chi connectivity index (χ3n) is 3.37. The van der Waals surface area contributed by atoms with Crippen LogP contribution in [0.15, 0.2) is 53.5 Å². The normalized spacial score (nSPS) is 10.8. The van der Waals surface area contributed by atoms with Crippen LogP contribution in [0, 0.1) is 6.92 Å². The topological polar surface area (TPSA) is 136 Å². The molecule has 7 nitrogen and oxygen atoms in total. The first-order valence-electron chi connectivity index (χ1n) is 7.70. The molecular weight excluding hydrogens is 386 g/mol. The molecule has 0 spiro atoms. The molecule has 0 saturated carbocycles. The Balaban J connectivity index is 0.000000465. The Labute approximate surface area is 161 Å².